The van der Waals surface area contributed by atoms with Crippen molar-refractivity contribution in [1.82, 2.24) is 5.32 Å². The summed E-state index contributed by atoms with van der Waals surface area (Å²) in [7, 11) is 0. The van der Waals surface area contributed by atoms with Gasteiger partial charge in [0.1, 0.15) is 6.26 Å². The molecule has 3 N–H and O–H groups in total. The summed E-state index contributed by atoms with van der Waals surface area (Å²) in [5.41, 5.74) is 1.76. The molecule has 0 bridgehead atoms. The van der Waals surface area contributed by atoms with E-state index >= 15 is 0 Å². The van der Waals surface area contributed by atoms with E-state index in [1.54, 1.807) is 24.3 Å². The lowest BCUT2D eigenvalue weighted by Crippen LogP contribution is -2.28. The molecule has 1 aliphatic heterocycles. The third-order valence-electron chi connectivity index (χ3n) is 4.43. The van der Waals surface area contributed by atoms with Crippen LogP contribution in [-0.4, -0.2) is 24.9 Å². The summed E-state index contributed by atoms with van der Waals surface area (Å²) in [5.74, 6) is 0.396. The molecule has 1 aromatic heterocycles. The number of rotatable bonds is 6. The molecular weight excluding hydrogens is 354 g/mol. The van der Waals surface area contributed by atoms with Crippen molar-refractivity contribution in [3.8, 4) is 0 Å². The SMILES string of the molecule is Cl.O=C(CCC1CCNCC1)Nc1cccc(NC(=O)c2ccoc2)c1. The predicted octanol–water partition coefficient (Wildman–Crippen LogP) is 3.67. The number of halogens is 1. The van der Waals surface area contributed by atoms with Crippen LogP contribution in [0.2, 0.25) is 0 Å². The van der Waals surface area contributed by atoms with Gasteiger partial charge >= 0.3 is 0 Å². The molecular formula is C19H24ClN3O3. The maximum absolute atomic E-state index is 12.1. The highest BCUT2D eigenvalue weighted by Crippen LogP contribution is 2.20. The Morgan fingerprint density at radius 1 is 1.12 bits per heavy atom. The van der Waals surface area contributed by atoms with Crippen molar-refractivity contribution >= 4 is 35.6 Å². The first-order valence-electron chi connectivity index (χ1n) is 8.65. The molecule has 3 rings (SSSR count). The minimum Gasteiger partial charge on any atom is -0.472 e. The van der Waals surface area contributed by atoms with E-state index in [1.165, 1.54) is 12.5 Å². The number of amides is 2. The summed E-state index contributed by atoms with van der Waals surface area (Å²) in [6.07, 6.45) is 6.57. The van der Waals surface area contributed by atoms with Crippen molar-refractivity contribution < 1.29 is 14.0 Å². The largest absolute Gasteiger partial charge is 0.472 e. The van der Waals surface area contributed by atoms with Gasteiger partial charge in [-0.2, -0.15) is 0 Å². The van der Waals surface area contributed by atoms with Crippen LogP contribution in [0.5, 0.6) is 0 Å². The zero-order chi connectivity index (χ0) is 17.5. The molecule has 1 saturated heterocycles. The monoisotopic (exact) mass is 377 g/mol. The maximum Gasteiger partial charge on any atom is 0.258 e. The van der Waals surface area contributed by atoms with Gasteiger partial charge in [0.2, 0.25) is 5.91 Å². The second-order valence-corrected chi connectivity index (χ2v) is 6.33. The van der Waals surface area contributed by atoms with Gasteiger partial charge in [-0.3, -0.25) is 9.59 Å². The summed E-state index contributed by atoms with van der Waals surface area (Å²) < 4.78 is 4.90. The minimum absolute atomic E-state index is 0. The van der Waals surface area contributed by atoms with Crippen LogP contribution in [0.25, 0.3) is 0 Å². The molecule has 0 aliphatic carbocycles. The molecule has 1 fully saturated rings. The van der Waals surface area contributed by atoms with E-state index in [1.807, 2.05) is 6.07 Å². The Morgan fingerprint density at radius 2 is 1.85 bits per heavy atom. The average molecular weight is 378 g/mol. The molecule has 0 spiro atoms. The number of carbonyl (C=O) groups is 2. The number of piperidine rings is 1. The molecule has 0 atom stereocenters. The summed E-state index contributed by atoms with van der Waals surface area (Å²) in [5, 5.41) is 9.02. The Hall–Kier alpha value is -2.31. The standard InChI is InChI=1S/C19H23N3O3.ClH/c23-18(5-4-14-6-9-20-10-7-14)21-16-2-1-3-17(12-16)22-19(24)15-8-11-25-13-15;/h1-3,8,11-14,20H,4-7,9-10H2,(H,21,23)(H,22,24);1H. The average Bonchev–Trinajstić information content (AvgIpc) is 3.16. The van der Waals surface area contributed by atoms with Crippen molar-refractivity contribution in [2.24, 2.45) is 5.92 Å². The fourth-order valence-corrected chi connectivity index (χ4v) is 3.00. The van der Waals surface area contributed by atoms with Gasteiger partial charge in [0.05, 0.1) is 11.8 Å². The Labute approximate surface area is 159 Å². The molecule has 1 aromatic carbocycles. The molecule has 140 valence electrons. The maximum atomic E-state index is 12.1. The first kappa shape index (κ1) is 20.0. The van der Waals surface area contributed by atoms with Crippen LogP contribution >= 0.6 is 12.4 Å². The van der Waals surface area contributed by atoms with Gasteiger partial charge in [-0.05, 0) is 62.5 Å². The van der Waals surface area contributed by atoms with Crippen molar-refractivity contribution in [3.05, 3.63) is 48.4 Å². The summed E-state index contributed by atoms with van der Waals surface area (Å²) in [6, 6.07) is 8.74. The second kappa shape index (κ2) is 9.99. The first-order chi connectivity index (χ1) is 12.2. The van der Waals surface area contributed by atoms with Crippen LogP contribution in [0, 0.1) is 5.92 Å². The van der Waals surface area contributed by atoms with Crippen LogP contribution in [0.3, 0.4) is 0 Å². The van der Waals surface area contributed by atoms with Gasteiger partial charge in [0, 0.05) is 17.8 Å². The number of hydrogen-bond donors (Lipinski definition) is 3. The van der Waals surface area contributed by atoms with Crippen LogP contribution in [0.4, 0.5) is 11.4 Å². The Balaban J connectivity index is 0.00000243. The number of nitrogens with one attached hydrogen (secondary N) is 3. The zero-order valence-corrected chi connectivity index (χ0v) is 15.3. The fraction of sp³-hybridized carbons (Fsp3) is 0.368. The smallest absolute Gasteiger partial charge is 0.258 e. The Kier molecular flexibility index (Phi) is 7.69. The highest BCUT2D eigenvalue weighted by Gasteiger charge is 2.14. The van der Waals surface area contributed by atoms with Crippen molar-refractivity contribution in [2.45, 2.75) is 25.7 Å². The topological polar surface area (TPSA) is 83.4 Å². The van der Waals surface area contributed by atoms with Crippen molar-refractivity contribution in [3.63, 3.8) is 0 Å². The molecule has 2 amide bonds. The molecule has 2 heterocycles. The molecule has 0 saturated carbocycles. The van der Waals surface area contributed by atoms with E-state index in [4.69, 9.17) is 4.42 Å². The van der Waals surface area contributed by atoms with Crippen molar-refractivity contribution in [1.29, 1.82) is 0 Å². The second-order valence-electron chi connectivity index (χ2n) is 6.33. The van der Waals surface area contributed by atoms with E-state index in [0.717, 1.165) is 32.4 Å². The normalized spacial score (nSPS) is 14.3. The molecule has 6 nitrogen and oxygen atoms in total. The lowest BCUT2D eigenvalue weighted by atomic mass is 9.93. The van der Waals surface area contributed by atoms with Crippen LogP contribution < -0.4 is 16.0 Å². The molecule has 0 radical (unpaired) electrons. The number of anilines is 2. The Morgan fingerprint density at radius 3 is 2.54 bits per heavy atom. The lowest BCUT2D eigenvalue weighted by molar-refractivity contribution is -0.116. The van der Waals surface area contributed by atoms with Crippen LogP contribution in [0.15, 0.2) is 47.3 Å². The van der Waals surface area contributed by atoms with Gasteiger partial charge in [-0.25, -0.2) is 0 Å². The molecule has 0 unspecified atom stereocenters. The first-order valence-corrected chi connectivity index (χ1v) is 8.65. The zero-order valence-electron chi connectivity index (χ0n) is 14.5. The number of furan rings is 1. The number of carbonyl (C=O) groups excluding carboxylic acids is 2. The van der Waals surface area contributed by atoms with Gasteiger partial charge < -0.3 is 20.4 Å². The highest BCUT2D eigenvalue weighted by molar-refractivity contribution is 6.04. The summed E-state index contributed by atoms with van der Waals surface area (Å²) in [6.45, 7) is 2.09. The Bertz CT molecular complexity index is 713. The third-order valence-corrected chi connectivity index (χ3v) is 4.43. The van der Waals surface area contributed by atoms with E-state index in [2.05, 4.69) is 16.0 Å². The molecule has 1 aliphatic rings. The molecule has 7 heteroatoms. The molecule has 2 aromatic rings. The van der Waals surface area contributed by atoms with E-state index in [9.17, 15) is 9.59 Å². The van der Waals surface area contributed by atoms with Gasteiger partial charge in [-0.1, -0.05) is 6.07 Å². The molecule has 26 heavy (non-hydrogen) atoms. The van der Waals surface area contributed by atoms with Gasteiger partial charge in [-0.15, -0.1) is 12.4 Å². The quantitative estimate of drug-likeness (QED) is 0.717. The fourth-order valence-electron chi connectivity index (χ4n) is 3.00. The van der Waals surface area contributed by atoms with Crippen molar-refractivity contribution in [2.75, 3.05) is 23.7 Å². The van der Waals surface area contributed by atoms with Gasteiger partial charge in [0.25, 0.3) is 5.91 Å². The number of hydrogen-bond acceptors (Lipinski definition) is 4. The third kappa shape index (κ3) is 5.89. The van der Waals surface area contributed by atoms with Crippen LogP contribution in [-0.2, 0) is 4.79 Å². The summed E-state index contributed by atoms with van der Waals surface area (Å²) in [4.78, 5) is 24.2. The van der Waals surface area contributed by atoms with Crippen LogP contribution in [0.1, 0.15) is 36.0 Å². The van der Waals surface area contributed by atoms with E-state index < -0.39 is 0 Å². The van der Waals surface area contributed by atoms with Gasteiger partial charge in [0.15, 0.2) is 0 Å². The predicted molar refractivity (Wildman–Crippen MR) is 104 cm³/mol. The summed E-state index contributed by atoms with van der Waals surface area (Å²) >= 11 is 0. The lowest BCUT2D eigenvalue weighted by Gasteiger charge is -2.22. The number of benzene rings is 1. The minimum atomic E-state index is -0.247. The highest BCUT2D eigenvalue weighted by atomic mass is 35.5. The van der Waals surface area contributed by atoms with E-state index in [-0.39, 0.29) is 24.2 Å². The van der Waals surface area contributed by atoms with E-state index in [0.29, 0.717) is 29.3 Å².